The zero-order valence-corrected chi connectivity index (χ0v) is 9.15. The second kappa shape index (κ2) is 3.37. The first kappa shape index (κ1) is 8.44. The van der Waals surface area contributed by atoms with E-state index in [9.17, 15) is 0 Å². The molecular formula is C10H10N2S2. The SMILES string of the molecule is C1=CN2CC=C(c3ccsc3)NC2S1. The summed E-state index contributed by atoms with van der Waals surface area (Å²) in [6, 6.07) is 2.16. The molecule has 3 rings (SSSR count). The van der Waals surface area contributed by atoms with Crippen molar-refractivity contribution in [3.8, 4) is 0 Å². The van der Waals surface area contributed by atoms with E-state index >= 15 is 0 Å². The molecule has 1 atom stereocenters. The van der Waals surface area contributed by atoms with Gasteiger partial charge >= 0.3 is 0 Å². The Hall–Kier alpha value is -0.870. The normalized spacial score (nSPS) is 24.4. The first-order valence-electron chi connectivity index (χ1n) is 4.51. The number of thiophene rings is 1. The van der Waals surface area contributed by atoms with Gasteiger partial charge in [0, 0.05) is 24.0 Å². The Kier molecular flexibility index (Phi) is 2.03. The average molecular weight is 222 g/mol. The third-order valence-corrected chi connectivity index (χ3v) is 3.99. The molecule has 0 radical (unpaired) electrons. The number of nitrogens with zero attached hydrogens (tertiary/aromatic N) is 1. The van der Waals surface area contributed by atoms with Gasteiger partial charge in [0.25, 0.3) is 0 Å². The summed E-state index contributed by atoms with van der Waals surface area (Å²) in [4.78, 5) is 2.29. The first-order chi connectivity index (χ1) is 6.93. The van der Waals surface area contributed by atoms with Gasteiger partial charge in [0.15, 0.2) is 5.50 Å². The van der Waals surface area contributed by atoms with Gasteiger partial charge in [-0.3, -0.25) is 0 Å². The molecule has 72 valence electrons. The van der Waals surface area contributed by atoms with Gasteiger partial charge in [-0.25, -0.2) is 0 Å². The zero-order valence-electron chi connectivity index (χ0n) is 7.51. The molecule has 1 unspecified atom stereocenters. The Morgan fingerprint density at radius 2 is 2.50 bits per heavy atom. The minimum atomic E-state index is 0.398. The molecule has 0 saturated carbocycles. The predicted octanol–water partition coefficient (Wildman–Crippen LogP) is 2.50. The summed E-state index contributed by atoms with van der Waals surface area (Å²) in [6.07, 6.45) is 4.39. The Morgan fingerprint density at radius 3 is 3.36 bits per heavy atom. The van der Waals surface area contributed by atoms with Crippen LogP contribution in [0.15, 0.2) is 34.5 Å². The van der Waals surface area contributed by atoms with Crippen molar-refractivity contribution < 1.29 is 0 Å². The number of hydrogen-bond donors (Lipinski definition) is 1. The van der Waals surface area contributed by atoms with Crippen LogP contribution in [0.5, 0.6) is 0 Å². The quantitative estimate of drug-likeness (QED) is 0.786. The van der Waals surface area contributed by atoms with E-state index in [0.29, 0.717) is 5.50 Å². The Bertz CT molecular complexity index is 381. The van der Waals surface area contributed by atoms with Crippen molar-refractivity contribution >= 4 is 28.8 Å². The Balaban J connectivity index is 1.84. The van der Waals surface area contributed by atoms with Crippen LogP contribution in [0.4, 0.5) is 0 Å². The van der Waals surface area contributed by atoms with E-state index in [2.05, 4.69) is 44.7 Å². The Morgan fingerprint density at radius 1 is 1.50 bits per heavy atom. The lowest BCUT2D eigenvalue weighted by Gasteiger charge is -2.30. The van der Waals surface area contributed by atoms with Crippen molar-refractivity contribution in [1.82, 2.24) is 10.2 Å². The second-order valence-corrected chi connectivity index (χ2v) is 5.02. The highest BCUT2D eigenvalue weighted by Gasteiger charge is 2.23. The number of nitrogens with one attached hydrogen (secondary N) is 1. The monoisotopic (exact) mass is 222 g/mol. The molecule has 0 bridgehead atoms. The van der Waals surface area contributed by atoms with Crippen LogP contribution in [0.2, 0.25) is 0 Å². The molecule has 0 spiro atoms. The van der Waals surface area contributed by atoms with E-state index < -0.39 is 0 Å². The molecule has 2 aliphatic heterocycles. The molecule has 0 amide bonds. The van der Waals surface area contributed by atoms with Crippen molar-refractivity contribution in [2.75, 3.05) is 6.54 Å². The van der Waals surface area contributed by atoms with Gasteiger partial charge in [-0.2, -0.15) is 11.3 Å². The third-order valence-electron chi connectivity index (χ3n) is 2.38. The molecule has 0 aromatic carbocycles. The van der Waals surface area contributed by atoms with Crippen molar-refractivity contribution in [2.45, 2.75) is 5.50 Å². The number of fused-ring (bicyclic) bond motifs is 1. The second-order valence-electron chi connectivity index (χ2n) is 3.24. The van der Waals surface area contributed by atoms with Gasteiger partial charge in [-0.15, -0.1) is 0 Å². The minimum absolute atomic E-state index is 0.398. The van der Waals surface area contributed by atoms with Crippen molar-refractivity contribution in [1.29, 1.82) is 0 Å². The molecule has 4 heteroatoms. The van der Waals surface area contributed by atoms with E-state index in [1.807, 2.05) is 11.8 Å². The van der Waals surface area contributed by atoms with E-state index in [4.69, 9.17) is 0 Å². The fourth-order valence-corrected chi connectivity index (χ4v) is 3.16. The molecule has 1 aromatic heterocycles. The van der Waals surface area contributed by atoms with Crippen LogP contribution in [0, 0.1) is 0 Å². The van der Waals surface area contributed by atoms with E-state index in [1.165, 1.54) is 11.3 Å². The molecule has 3 heterocycles. The van der Waals surface area contributed by atoms with Gasteiger partial charge in [-0.05, 0) is 28.3 Å². The van der Waals surface area contributed by atoms with E-state index in [1.54, 1.807) is 11.3 Å². The molecular weight excluding hydrogens is 212 g/mol. The molecule has 2 aliphatic rings. The van der Waals surface area contributed by atoms with Crippen LogP contribution in [-0.4, -0.2) is 16.9 Å². The molecule has 0 fully saturated rings. The number of rotatable bonds is 1. The molecule has 1 aromatic rings. The van der Waals surface area contributed by atoms with Gasteiger partial charge in [0.2, 0.25) is 0 Å². The van der Waals surface area contributed by atoms with Gasteiger partial charge < -0.3 is 10.2 Å². The zero-order chi connectivity index (χ0) is 9.38. The average Bonchev–Trinajstić information content (AvgIpc) is 2.88. The van der Waals surface area contributed by atoms with E-state index in [-0.39, 0.29) is 0 Å². The predicted molar refractivity (Wildman–Crippen MR) is 62.7 cm³/mol. The summed E-state index contributed by atoms with van der Waals surface area (Å²) in [5.41, 5.74) is 2.97. The summed E-state index contributed by atoms with van der Waals surface area (Å²) in [7, 11) is 0. The lowest BCUT2D eigenvalue weighted by atomic mass is 10.2. The van der Waals surface area contributed by atoms with Crippen molar-refractivity contribution in [2.24, 2.45) is 0 Å². The largest absolute Gasteiger partial charge is 0.356 e. The van der Waals surface area contributed by atoms with Gasteiger partial charge in [0.05, 0.1) is 0 Å². The third kappa shape index (κ3) is 1.35. The first-order valence-corrected chi connectivity index (χ1v) is 6.39. The molecule has 0 aliphatic carbocycles. The minimum Gasteiger partial charge on any atom is -0.356 e. The van der Waals surface area contributed by atoms with Crippen LogP contribution < -0.4 is 5.32 Å². The van der Waals surface area contributed by atoms with Gasteiger partial charge in [-0.1, -0.05) is 11.8 Å². The maximum absolute atomic E-state index is 3.51. The maximum atomic E-state index is 3.51. The fraction of sp³-hybridized carbons (Fsp3) is 0.200. The maximum Gasteiger partial charge on any atom is 0.152 e. The molecule has 0 saturated heterocycles. The lowest BCUT2D eigenvalue weighted by molar-refractivity contribution is 0.365. The summed E-state index contributed by atoms with van der Waals surface area (Å²) in [5.74, 6) is 0. The highest BCUT2D eigenvalue weighted by molar-refractivity contribution is 8.02. The van der Waals surface area contributed by atoms with Crippen LogP contribution in [0.1, 0.15) is 5.56 Å². The van der Waals surface area contributed by atoms with Gasteiger partial charge in [0.1, 0.15) is 0 Å². The van der Waals surface area contributed by atoms with Crippen LogP contribution in [-0.2, 0) is 0 Å². The number of thioether (sulfide) groups is 1. The highest BCUT2D eigenvalue weighted by atomic mass is 32.2. The van der Waals surface area contributed by atoms with Crippen LogP contribution >= 0.6 is 23.1 Å². The summed E-state index contributed by atoms with van der Waals surface area (Å²) in [6.45, 7) is 1.01. The lowest BCUT2D eigenvalue weighted by Crippen LogP contribution is -2.40. The van der Waals surface area contributed by atoms with Crippen molar-refractivity contribution in [3.05, 3.63) is 40.1 Å². The number of hydrogen-bond acceptors (Lipinski definition) is 4. The summed E-state index contributed by atoms with van der Waals surface area (Å²) >= 11 is 3.57. The highest BCUT2D eigenvalue weighted by Crippen LogP contribution is 2.29. The molecule has 1 N–H and O–H groups in total. The summed E-state index contributed by atoms with van der Waals surface area (Å²) in [5, 5.41) is 9.95. The molecule has 14 heavy (non-hydrogen) atoms. The van der Waals surface area contributed by atoms with Crippen LogP contribution in [0.25, 0.3) is 5.70 Å². The standard InChI is InChI=1S/C10H10N2S2/c1-3-12-4-6-14-10(12)11-9(1)8-2-5-13-7-8/h1-2,4-7,10-11H,3H2. The summed E-state index contributed by atoms with van der Waals surface area (Å²) < 4.78 is 0. The molecule has 2 nitrogen and oxygen atoms in total. The smallest absolute Gasteiger partial charge is 0.152 e. The van der Waals surface area contributed by atoms with Crippen LogP contribution in [0.3, 0.4) is 0 Å². The topological polar surface area (TPSA) is 15.3 Å². The Labute approximate surface area is 91.3 Å². The van der Waals surface area contributed by atoms with Crippen molar-refractivity contribution in [3.63, 3.8) is 0 Å². The van der Waals surface area contributed by atoms with E-state index in [0.717, 1.165) is 6.54 Å². The fourth-order valence-electron chi connectivity index (χ4n) is 1.63.